The van der Waals surface area contributed by atoms with E-state index in [9.17, 15) is 9.59 Å². The summed E-state index contributed by atoms with van der Waals surface area (Å²) in [5.74, 6) is 1.48. The van der Waals surface area contributed by atoms with Crippen LogP contribution in [0, 0.1) is 5.92 Å². The van der Waals surface area contributed by atoms with E-state index < -0.39 is 6.04 Å². The average molecular weight is 421 g/mol. The summed E-state index contributed by atoms with van der Waals surface area (Å²) in [6.45, 7) is 5.02. The zero-order valence-corrected chi connectivity index (χ0v) is 17.6. The number of halogens is 1. The van der Waals surface area contributed by atoms with Crippen LogP contribution < -0.4 is 11.1 Å². The van der Waals surface area contributed by atoms with Gasteiger partial charge in [-0.3, -0.25) is 14.7 Å². The van der Waals surface area contributed by atoms with Crippen LogP contribution in [-0.2, 0) is 9.59 Å². The summed E-state index contributed by atoms with van der Waals surface area (Å²) in [5, 5.41) is 10.0. The second-order valence-electron chi connectivity index (χ2n) is 7.55. The monoisotopic (exact) mass is 420 g/mol. The van der Waals surface area contributed by atoms with Crippen LogP contribution in [0.1, 0.15) is 38.4 Å². The Morgan fingerprint density at radius 3 is 2.52 bits per heavy atom. The number of aromatic nitrogens is 3. The maximum Gasteiger partial charge on any atom is 0.241 e. The zero-order chi connectivity index (χ0) is 20.1. The third-order valence-corrected chi connectivity index (χ3v) is 5.20. The minimum atomic E-state index is -0.594. The van der Waals surface area contributed by atoms with Crippen molar-refractivity contribution in [2.24, 2.45) is 11.7 Å². The molecule has 1 aromatic heterocycles. The van der Waals surface area contributed by atoms with Crippen LogP contribution in [0.5, 0.6) is 0 Å². The normalized spacial score (nSPS) is 15.7. The van der Waals surface area contributed by atoms with Crippen LogP contribution in [0.15, 0.2) is 30.3 Å². The topological polar surface area (TPSA) is 117 Å². The molecule has 0 spiro atoms. The van der Waals surface area contributed by atoms with Crippen molar-refractivity contribution in [1.29, 1.82) is 0 Å². The van der Waals surface area contributed by atoms with Crippen LogP contribution in [0.3, 0.4) is 0 Å². The van der Waals surface area contributed by atoms with Crippen LogP contribution in [0.2, 0.25) is 0 Å². The second kappa shape index (κ2) is 10.4. The fraction of sp³-hybridized carbons (Fsp3) is 0.500. The summed E-state index contributed by atoms with van der Waals surface area (Å²) in [7, 11) is 0. The fourth-order valence-corrected chi connectivity index (χ4v) is 3.27. The summed E-state index contributed by atoms with van der Waals surface area (Å²) in [6.07, 6.45) is 1.63. The van der Waals surface area contributed by atoms with Gasteiger partial charge in [-0.15, -0.1) is 12.4 Å². The van der Waals surface area contributed by atoms with Gasteiger partial charge < -0.3 is 16.0 Å². The minimum Gasteiger partial charge on any atom is -0.346 e. The molecule has 1 fully saturated rings. The molecular formula is C20H29ClN6O2. The third-order valence-electron chi connectivity index (χ3n) is 5.20. The van der Waals surface area contributed by atoms with Gasteiger partial charge in [-0.1, -0.05) is 44.2 Å². The molecule has 0 aliphatic carbocycles. The quantitative estimate of drug-likeness (QED) is 0.657. The number of amides is 2. The Labute approximate surface area is 177 Å². The number of H-pyrrole nitrogens is 1. The van der Waals surface area contributed by atoms with Crippen molar-refractivity contribution in [3.05, 3.63) is 36.2 Å². The van der Waals surface area contributed by atoms with E-state index in [-0.39, 0.29) is 42.6 Å². The summed E-state index contributed by atoms with van der Waals surface area (Å²) >= 11 is 0. The highest BCUT2D eigenvalue weighted by Gasteiger charge is 2.26. The smallest absolute Gasteiger partial charge is 0.241 e. The predicted molar refractivity (Wildman–Crippen MR) is 113 cm³/mol. The highest BCUT2D eigenvalue weighted by atomic mass is 35.5. The lowest BCUT2D eigenvalue weighted by atomic mass is 9.96. The first kappa shape index (κ1) is 22.8. The van der Waals surface area contributed by atoms with Crippen molar-refractivity contribution in [2.45, 2.75) is 38.6 Å². The Morgan fingerprint density at radius 2 is 1.90 bits per heavy atom. The molecule has 1 aliphatic rings. The Morgan fingerprint density at radius 1 is 1.24 bits per heavy atom. The first-order valence-corrected chi connectivity index (χ1v) is 9.74. The number of hydrogen-bond acceptors (Lipinski definition) is 5. The second-order valence-corrected chi connectivity index (χ2v) is 7.55. The van der Waals surface area contributed by atoms with Crippen molar-refractivity contribution in [3.8, 4) is 11.4 Å². The molecule has 3 rings (SSSR count). The lowest BCUT2D eigenvalue weighted by Gasteiger charge is -2.31. The highest BCUT2D eigenvalue weighted by molar-refractivity contribution is 5.87. The Kier molecular flexibility index (Phi) is 8.16. The van der Waals surface area contributed by atoms with E-state index in [0.29, 0.717) is 18.9 Å². The van der Waals surface area contributed by atoms with E-state index in [4.69, 9.17) is 5.73 Å². The van der Waals surface area contributed by atoms with Crippen molar-refractivity contribution in [2.75, 3.05) is 19.6 Å². The first-order valence-electron chi connectivity index (χ1n) is 9.74. The van der Waals surface area contributed by atoms with Crippen molar-refractivity contribution < 1.29 is 9.59 Å². The number of nitrogens with two attached hydrogens (primary N) is 1. The first-order chi connectivity index (χ1) is 13.5. The number of carbonyl (C=O) groups is 2. The molecule has 1 aliphatic heterocycles. The van der Waals surface area contributed by atoms with Gasteiger partial charge in [0.25, 0.3) is 0 Å². The zero-order valence-electron chi connectivity index (χ0n) is 16.8. The molecule has 29 heavy (non-hydrogen) atoms. The molecule has 1 atom stereocenters. The molecule has 0 radical (unpaired) electrons. The maximum absolute atomic E-state index is 12.4. The summed E-state index contributed by atoms with van der Waals surface area (Å²) in [4.78, 5) is 30.7. The molecule has 1 saturated heterocycles. The minimum absolute atomic E-state index is 0. The van der Waals surface area contributed by atoms with Gasteiger partial charge in [0.2, 0.25) is 11.8 Å². The largest absolute Gasteiger partial charge is 0.346 e. The van der Waals surface area contributed by atoms with Gasteiger partial charge in [0.05, 0.1) is 12.6 Å². The highest BCUT2D eigenvalue weighted by Crippen LogP contribution is 2.27. The van der Waals surface area contributed by atoms with E-state index in [2.05, 4.69) is 20.5 Å². The number of nitrogens with one attached hydrogen (secondary N) is 2. The molecule has 9 heteroatoms. The molecule has 2 amide bonds. The fourth-order valence-electron chi connectivity index (χ4n) is 3.27. The van der Waals surface area contributed by atoms with E-state index in [1.165, 1.54) is 0 Å². The number of rotatable bonds is 6. The number of piperidine rings is 1. The number of benzene rings is 1. The molecule has 2 aromatic rings. The van der Waals surface area contributed by atoms with Crippen LogP contribution in [0.25, 0.3) is 11.4 Å². The summed E-state index contributed by atoms with van der Waals surface area (Å²) in [5.41, 5.74) is 6.78. The van der Waals surface area contributed by atoms with Gasteiger partial charge in [0.15, 0.2) is 5.82 Å². The standard InChI is InChI=1S/C20H28N6O2.ClH/c1-13(2)17(21)20(28)22-12-16(27)26-10-8-15(9-11-26)19-23-18(24-25-19)14-6-4-3-5-7-14;/h3-7,13,15,17H,8-12,21H2,1-2H3,(H,22,28)(H,23,24,25);1H/t17-;/m0./s1. The summed E-state index contributed by atoms with van der Waals surface area (Å²) < 4.78 is 0. The number of likely N-dealkylation sites (tertiary alicyclic amines) is 1. The third kappa shape index (κ3) is 5.77. The number of hydrogen-bond donors (Lipinski definition) is 3. The molecule has 4 N–H and O–H groups in total. The van der Waals surface area contributed by atoms with Gasteiger partial charge in [-0.25, -0.2) is 4.98 Å². The molecule has 158 valence electrons. The number of carbonyl (C=O) groups excluding carboxylic acids is 2. The van der Waals surface area contributed by atoms with Crippen molar-refractivity contribution >= 4 is 24.2 Å². The van der Waals surface area contributed by atoms with Gasteiger partial charge in [-0.05, 0) is 18.8 Å². The lowest BCUT2D eigenvalue weighted by molar-refractivity contribution is -0.134. The average Bonchev–Trinajstić information content (AvgIpc) is 3.22. The van der Waals surface area contributed by atoms with E-state index >= 15 is 0 Å². The Bertz CT molecular complexity index is 802. The summed E-state index contributed by atoms with van der Waals surface area (Å²) in [6, 6.07) is 9.25. The van der Waals surface area contributed by atoms with Crippen LogP contribution in [0.4, 0.5) is 0 Å². The maximum atomic E-state index is 12.4. The van der Waals surface area contributed by atoms with Gasteiger partial charge in [-0.2, -0.15) is 5.10 Å². The molecule has 0 bridgehead atoms. The van der Waals surface area contributed by atoms with Crippen molar-refractivity contribution in [1.82, 2.24) is 25.4 Å². The lowest BCUT2D eigenvalue weighted by Crippen LogP contribution is -2.49. The Hall–Kier alpha value is -2.45. The van der Waals surface area contributed by atoms with E-state index in [1.54, 1.807) is 4.90 Å². The molecule has 8 nitrogen and oxygen atoms in total. The van der Waals surface area contributed by atoms with Crippen molar-refractivity contribution in [3.63, 3.8) is 0 Å². The van der Waals surface area contributed by atoms with Gasteiger partial charge in [0.1, 0.15) is 5.82 Å². The molecule has 2 heterocycles. The van der Waals surface area contributed by atoms with E-state index in [0.717, 1.165) is 24.2 Å². The van der Waals surface area contributed by atoms with Crippen LogP contribution >= 0.6 is 12.4 Å². The van der Waals surface area contributed by atoms with Gasteiger partial charge >= 0.3 is 0 Å². The van der Waals surface area contributed by atoms with E-state index in [1.807, 2.05) is 44.2 Å². The molecule has 1 aromatic carbocycles. The molecular weight excluding hydrogens is 392 g/mol. The Balaban J connectivity index is 0.00000300. The number of nitrogens with zero attached hydrogens (tertiary/aromatic N) is 3. The van der Waals surface area contributed by atoms with Gasteiger partial charge in [0, 0.05) is 24.6 Å². The van der Waals surface area contributed by atoms with Crippen LogP contribution in [-0.4, -0.2) is 57.6 Å². The molecule has 0 saturated carbocycles. The number of aromatic amines is 1. The SMILES string of the molecule is CC(C)[C@H](N)C(=O)NCC(=O)N1CCC(c2nc(-c3ccccc3)n[nH]2)CC1.Cl. The predicted octanol–water partition coefficient (Wildman–Crippen LogP) is 1.70. The molecule has 0 unspecified atom stereocenters.